The van der Waals surface area contributed by atoms with Crippen LogP contribution in [0.15, 0.2) is 18.2 Å². The fraction of sp³-hybridized carbons (Fsp3) is 0.385. The zero-order valence-electron chi connectivity index (χ0n) is 11.2. The van der Waals surface area contributed by atoms with Crippen molar-refractivity contribution in [2.24, 2.45) is 0 Å². The van der Waals surface area contributed by atoms with Crippen molar-refractivity contribution in [3.63, 3.8) is 0 Å². The fourth-order valence-electron chi connectivity index (χ4n) is 1.92. The molecule has 1 aliphatic rings. The summed E-state index contributed by atoms with van der Waals surface area (Å²) in [7, 11) is 1.50. The minimum Gasteiger partial charge on any atom is -0.495 e. The van der Waals surface area contributed by atoms with Crippen molar-refractivity contribution >= 4 is 17.7 Å². The van der Waals surface area contributed by atoms with Gasteiger partial charge in [0, 0.05) is 13.1 Å². The van der Waals surface area contributed by atoms with E-state index in [4.69, 9.17) is 15.2 Å². The second-order valence-corrected chi connectivity index (χ2v) is 4.31. The molecule has 0 aliphatic carbocycles. The first-order valence-corrected chi connectivity index (χ1v) is 6.25. The first-order valence-electron chi connectivity index (χ1n) is 6.25. The molecule has 0 aromatic heterocycles. The van der Waals surface area contributed by atoms with Crippen LogP contribution in [0, 0.1) is 0 Å². The first kappa shape index (κ1) is 14.0. The van der Waals surface area contributed by atoms with E-state index in [2.05, 4.69) is 5.32 Å². The SMILES string of the molecule is COc1ccc(C(=O)OCCN2CCNC2=O)cc1N. The van der Waals surface area contributed by atoms with Crippen LogP contribution in [-0.4, -0.2) is 50.3 Å². The van der Waals surface area contributed by atoms with Crippen LogP contribution < -0.4 is 15.8 Å². The summed E-state index contributed by atoms with van der Waals surface area (Å²) in [5.74, 6) is 0.0363. The van der Waals surface area contributed by atoms with Gasteiger partial charge >= 0.3 is 12.0 Å². The first-order chi connectivity index (χ1) is 9.61. The monoisotopic (exact) mass is 279 g/mol. The molecule has 0 atom stereocenters. The third-order valence-electron chi connectivity index (χ3n) is 3.00. The molecule has 1 aliphatic heterocycles. The summed E-state index contributed by atoms with van der Waals surface area (Å²) in [6.07, 6.45) is 0. The number of amides is 2. The Morgan fingerprint density at radius 2 is 2.30 bits per heavy atom. The van der Waals surface area contributed by atoms with Crippen LogP contribution in [0.2, 0.25) is 0 Å². The van der Waals surface area contributed by atoms with Crippen LogP contribution in [0.3, 0.4) is 0 Å². The van der Waals surface area contributed by atoms with Crippen molar-refractivity contribution < 1.29 is 19.1 Å². The quantitative estimate of drug-likeness (QED) is 0.603. The van der Waals surface area contributed by atoms with Gasteiger partial charge in [-0.2, -0.15) is 0 Å². The van der Waals surface area contributed by atoms with Gasteiger partial charge in [0.2, 0.25) is 0 Å². The van der Waals surface area contributed by atoms with Crippen LogP contribution in [0.5, 0.6) is 5.75 Å². The van der Waals surface area contributed by atoms with Gasteiger partial charge < -0.3 is 25.4 Å². The molecule has 1 aromatic rings. The lowest BCUT2D eigenvalue weighted by Gasteiger charge is -2.14. The van der Waals surface area contributed by atoms with Crippen LogP contribution >= 0.6 is 0 Å². The minimum atomic E-state index is -0.473. The Hall–Kier alpha value is -2.44. The van der Waals surface area contributed by atoms with Gasteiger partial charge in [-0.25, -0.2) is 9.59 Å². The molecule has 1 saturated heterocycles. The average Bonchev–Trinajstić information content (AvgIpc) is 2.84. The number of methoxy groups -OCH3 is 1. The molecule has 7 nitrogen and oxygen atoms in total. The van der Waals surface area contributed by atoms with E-state index >= 15 is 0 Å². The Labute approximate surface area is 116 Å². The fourth-order valence-corrected chi connectivity index (χ4v) is 1.92. The van der Waals surface area contributed by atoms with E-state index in [-0.39, 0.29) is 12.6 Å². The Morgan fingerprint density at radius 1 is 1.50 bits per heavy atom. The van der Waals surface area contributed by atoms with Crippen LogP contribution in [0.4, 0.5) is 10.5 Å². The molecule has 1 aromatic carbocycles. The van der Waals surface area contributed by atoms with E-state index < -0.39 is 5.97 Å². The molecule has 3 N–H and O–H groups in total. The molecule has 108 valence electrons. The van der Waals surface area contributed by atoms with E-state index in [1.54, 1.807) is 17.0 Å². The summed E-state index contributed by atoms with van der Waals surface area (Å²) in [6.45, 7) is 1.79. The van der Waals surface area contributed by atoms with Crippen molar-refractivity contribution in [2.45, 2.75) is 0 Å². The van der Waals surface area contributed by atoms with Crippen molar-refractivity contribution in [1.29, 1.82) is 0 Å². The molecule has 7 heteroatoms. The van der Waals surface area contributed by atoms with Crippen LogP contribution in [0.25, 0.3) is 0 Å². The highest BCUT2D eigenvalue weighted by atomic mass is 16.5. The summed E-state index contributed by atoms with van der Waals surface area (Å²) in [6, 6.07) is 4.57. The number of ether oxygens (including phenoxy) is 2. The predicted octanol–water partition coefficient (Wildman–Crippen LogP) is 0.459. The van der Waals surface area contributed by atoms with Gasteiger partial charge in [-0.15, -0.1) is 0 Å². The van der Waals surface area contributed by atoms with E-state index in [1.807, 2.05) is 0 Å². The molecular weight excluding hydrogens is 262 g/mol. The van der Waals surface area contributed by atoms with Crippen molar-refractivity contribution in [3.8, 4) is 5.75 Å². The summed E-state index contributed by atoms with van der Waals surface area (Å²) < 4.78 is 10.1. The maximum Gasteiger partial charge on any atom is 0.338 e. The van der Waals surface area contributed by atoms with Gasteiger partial charge in [-0.1, -0.05) is 0 Å². The number of anilines is 1. The second-order valence-electron chi connectivity index (χ2n) is 4.31. The van der Waals surface area contributed by atoms with Gasteiger partial charge in [0.1, 0.15) is 12.4 Å². The summed E-state index contributed by atoms with van der Waals surface area (Å²) >= 11 is 0. The summed E-state index contributed by atoms with van der Waals surface area (Å²) in [5, 5.41) is 2.68. The van der Waals surface area contributed by atoms with E-state index in [9.17, 15) is 9.59 Å². The minimum absolute atomic E-state index is 0.130. The number of nitrogen functional groups attached to an aromatic ring is 1. The molecule has 20 heavy (non-hydrogen) atoms. The number of hydrogen-bond acceptors (Lipinski definition) is 5. The van der Waals surface area contributed by atoms with Gasteiger partial charge in [-0.05, 0) is 18.2 Å². The van der Waals surface area contributed by atoms with E-state index in [1.165, 1.54) is 13.2 Å². The van der Waals surface area contributed by atoms with Crippen molar-refractivity contribution in [3.05, 3.63) is 23.8 Å². The van der Waals surface area contributed by atoms with E-state index in [0.717, 1.165) is 0 Å². The molecule has 1 heterocycles. The number of rotatable bonds is 5. The predicted molar refractivity (Wildman–Crippen MR) is 72.7 cm³/mol. The Kier molecular flexibility index (Phi) is 4.29. The van der Waals surface area contributed by atoms with Crippen LogP contribution in [-0.2, 0) is 4.74 Å². The summed E-state index contributed by atoms with van der Waals surface area (Å²) in [4.78, 5) is 24.7. The number of carbonyl (C=O) groups is 2. The third kappa shape index (κ3) is 3.11. The molecule has 1 fully saturated rings. The zero-order chi connectivity index (χ0) is 14.5. The standard InChI is InChI=1S/C13H17N3O4/c1-19-11-3-2-9(8-10(11)14)12(17)20-7-6-16-5-4-15-13(16)18/h2-3,8H,4-7,14H2,1H3,(H,15,18). The molecule has 0 radical (unpaired) electrons. The lowest BCUT2D eigenvalue weighted by Crippen LogP contribution is -2.31. The average molecular weight is 279 g/mol. The zero-order valence-corrected chi connectivity index (χ0v) is 11.2. The second kappa shape index (κ2) is 6.14. The topological polar surface area (TPSA) is 93.9 Å². The third-order valence-corrected chi connectivity index (χ3v) is 3.00. The molecule has 0 saturated carbocycles. The Bertz CT molecular complexity index is 518. The number of carbonyl (C=O) groups excluding carboxylic acids is 2. The van der Waals surface area contributed by atoms with Crippen molar-refractivity contribution in [2.75, 3.05) is 39.1 Å². The number of nitrogens with two attached hydrogens (primary N) is 1. The summed E-state index contributed by atoms with van der Waals surface area (Å²) in [5.41, 5.74) is 6.45. The maximum atomic E-state index is 11.8. The smallest absolute Gasteiger partial charge is 0.338 e. The highest BCUT2D eigenvalue weighted by molar-refractivity contribution is 5.91. The Balaban J connectivity index is 1.85. The number of nitrogens with one attached hydrogen (secondary N) is 1. The normalized spacial score (nSPS) is 14.1. The molecular formula is C13H17N3O4. The molecule has 2 rings (SSSR count). The van der Waals surface area contributed by atoms with Crippen LogP contribution in [0.1, 0.15) is 10.4 Å². The van der Waals surface area contributed by atoms with Gasteiger partial charge in [0.15, 0.2) is 0 Å². The molecule has 0 bridgehead atoms. The largest absolute Gasteiger partial charge is 0.495 e. The molecule has 2 amide bonds. The number of hydrogen-bond donors (Lipinski definition) is 2. The number of nitrogens with zero attached hydrogens (tertiary/aromatic N) is 1. The lowest BCUT2D eigenvalue weighted by molar-refractivity contribution is 0.0481. The molecule has 0 spiro atoms. The number of benzene rings is 1. The van der Waals surface area contributed by atoms with Gasteiger partial charge in [0.05, 0.1) is 24.9 Å². The molecule has 0 unspecified atom stereocenters. The van der Waals surface area contributed by atoms with Crippen molar-refractivity contribution in [1.82, 2.24) is 10.2 Å². The number of esters is 1. The maximum absolute atomic E-state index is 11.8. The highest BCUT2D eigenvalue weighted by Gasteiger charge is 2.19. The number of urea groups is 1. The Morgan fingerprint density at radius 3 is 2.90 bits per heavy atom. The lowest BCUT2D eigenvalue weighted by atomic mass is 10.2. The van der Waals surface area contributed by atoms with Gasteiger partial charge in [-0.3, -0.25) is 0 Å². The van der Waals surface area contributed by atoms with E-state index in [0.29, 0.717) is 36.6 Å². The highest BCUT2D eigenvalue weighted by Crippen LogP contribution is 2.22. The van der Waals surface area contributed by atoms with Gasteiger partial charge in [0.25, 0.3) is 0 Å².